The summed E-state index contributed by atoms with van der Waals surface area (Å²) in [5, 5.41) is 0. The van der Waals surface area contributed by atoms with Crippen molar-refractivity contribution < 1.29 is 4.79 Å². The van der Waals surface area contributed by atoms with E-state index in [9.17, 15) is 4.79 Å². The molecule has 24 heavy (non-hydrogen) atoms. The SMILES string of the molecule is CN(C(=O)c1ccccn1)C1CCN(CCc2ccncc2)CC1. The molecule has 2 aromatic heterocycles. The predicted molar refractivity (Wildman–Crippen MR) is 93.7 cm³/mol. The van der Waals surface area contributed by atoms with Gasteiger partial charge in [0.2, 0.25) is 0 Å². The summed E-state index contributed by atoms with van der Waals surface area (Å²) < 4.78 is 0. The van der Waals surface area contributed by atoms with E-state index in [0.717, 1.165) is 38.9 Å². The average Bonchev–Trinajstić information content (AvgIpc) is 2.67. The number of piperidine rings is 1. The zero-order chi connectivity index (χ0) is 16.8. The minimum atomic E-state index is 0.0193. The lowest BCUT2D eigenvalue weighted by Gasteiger charge is -2.36. The Morgan fingerprint density at radius 3 is 2.58 bits per heavy atom. The van der Waals surface area contributed by atoms with E-state index in [1.54, 1.807) is 12.3 Å². The zero-order valence-electron chi connectivity index (χ0n) is 14.1. The van der Waals surface area contributed by atoms with Crippen LogP contribution in [0.15, 0.2) is 48.9 Å². The number of rotatable bonds is 5. The van der Waals surface area contributed by atoms with Crippen molar-refractivity contribution in [2.75, 3.05) is 26.7 Å². The van der Waals surface area contributed by atoms with Gasteiger partial charge < -0.3 is 9.80 Å². The van der Waals surface area contributed by atoms with Crippen LogP contribution < -0.4 is 0 Å². The minimum absolute atomic E-state index is 0.0193. The first-order valence-corrected chi connectivity index (χ1v) is 8.53. The van der Waals surface area contributed by atoms with Crippen LogP contribution in [0.3, 0.4) is 0 Å². The maximum atomic E-state index is 12.5. The van der Waals surface area contributed by atoms with Gasteiger partial charge in [0, 0.05) is 51.3 Å². The Balaban J connectivity index is 1.47. The lowest BCUT2D eigenvalue weighted by molar-refractivity contribution is 0.0638. The Hall–Kier alpha value is -2.27. The fraction of sp³-hybridized carbons (Fsp3) is 0.421. The number of pyridine rings is 2. The van der Waals surface area contributed by atoms with E-state index in [2.05, 4.69) is 27.0 Å². The van der Waals surface area contributed by atoms with E-state index in [4.69, 9.17) is 0 Å². The maximum Gasteiger partial charge on any atom is 0.272 e. The van der Waals surface area contributed by atoms with Crippen LogP contribution in [-0.4, -0.2) is 58.4 Å². The van der Waals surface area contributed by atoms with E-state index in [-0.39, 0.29) is 5.91 Å². The number of amides is 1. The van der Waals surface area contributed by atoms with Crippen LogP contribution in [0.2, 0.25) is 0 Å². The van der Waals surface area contributed by atoms with Gasteiger partial charge in [0.1, 0.15) is 5.69 Å². The maximum absolute atomic E-state index is 12.5. The second kappa shape index (κ2) is 8.02. The molecule has 0 N–H and O–H groups in total. The molecule has 2 aromatic rings. The summed E-state index contributed by atoms with van der Waals surface area (Å²) in [6, 6.07) is 9.92. The monoisotopic (exact) mass is 324 g/mol. The molecule has 0 aliphatic carbocycles. The molecular weight excluding hydrogens is 300 g/mol. The van der Waals surface area contributed by atoms with Gasteiger partial charge in [-0.3, -0.25) is 14.8 Å². The first-order valence-electron chi connectivity index (χ1n) is 8.53. The molecule has 1 fully saturated rings. The molecule has 1 saturated heterocycles. The predicted octanol–water partition coefficient (Wildman–Crippen LogP) is 2.26. The van der Waals surface area contributed by atoms with E-state index in [0.29, 0.717) is 11.7 Å². The topological polar surface area (TPSA) is 49.3 Å². The fourth-order valence-corrected chi connectivity index (χ4v) is 3.20. The summed E-state index contributed by atoms with van der Waals surface area (Å²) >= 11 is 0. The summed E-state index contributed by atoms with van der Waals surface area (Å²) in [5.74, 6) is 0.0193. The molecule has 0 aromatic carbocycles. The summed E-state index contributed by atoms with van der Waals surface area (Å²) in [7, 11) is 1.90. The average molecular weight is 324 g/mol. The van der Waals surface area contributed by atoms with Gasteiger partial charge in [-0.2, -0.15) is 0 Å². The highest BCUT2D eigenvalue weighted by Crippen LogP contribution is 2.17. The molecule has 1 amide bonds. The first-order chi connectivity index (χ1) is 11.7. The van der Waals surface area contributed by atoms with Crippen LogP contribution in [0, 0.1) is 0 Å². The van der Waals surface area contributed by atoms with Gasteiger partial charge in [-0.05, 0) is 49.1 Å². The van der Waals surface area contributed by atoms with Crippen molar-refractivity contribution in [3.8, 4) is 0 Å². The number of hydrogen-bond donors (Lipinski definition) is 0. The minimum Gasteiger partial charge on any atom is -0.337 e. The number of nitrogens with zero attached hydrogens (tertiary/aromatic N) is 4. The van der Waals surface area contributed by atoms with Crippen LogP contribution in [0.4, 0.5) is 0 Å². The first kappa shape index (κ1) is 16.6. The molecule has 3 rings (SSSR count). The van der Waals surface area contributed by atoms with Crippen molar-refractivity contribution in [3.63, 3.8) is 0 Å². The van der Waals surface area contributed by atoms with Crippen molar-refractivity contribution in [2.24, 2.45) is 0 Å². The molecule has 1 aliphatic heterocycles. The van der Waals surface area contributed by atoms with Crippen molar-refractivity contribution in [3.05, 3.63) is 60.2 Å². The van der Waals surface area contributed by atoms with Crippen LogP contribution in [0.5, 0.6) is 0 Å². The van der Waals surface area contributed by atoms with E-state index >= 15 is 0 Å². The Morgan fingerprint density at radius 2 is 1.92 bits per heavy atom. The van der Waals surface area contributed by atoms with Crippen molar-refractivity contribution in [2.45, 2.75) is 25.3 Å². The van der Waals surface area contributed by atoms with E-state index < -0.39 is 0 Å². The molecule has 5 nitrogen and oxygen atoms in total. The Morgan fingerprint density at radius 1 is 1.17 bits per heavy atom. The van der Waals surface area contributed by atoms with E-state index in [1.807, 2.05) is 36.5 Å². The third kappa shape index (κ3) is 4.17. The van der Waals surface area contributed by atoms with Gasteiger partial charge in [-0.25, -0.2) is 0 Å². The molecular formula is C19H24N4O. The smallest absolute Gasteiger partial charge is 0.272 e. The number of carbonyl (C=O) groups is 1. The highest BCUT2D eigenvalue weighted by molar-refractivity contribution is 5.92. The van der Waals surface area contributed by atoms with Crippen LogP contribution in [-0.2, 0) is 6.42 Å². The largest absolute Gasteiger partial charge is 0.337 e. The highest BCUT2D eigenvalue weighted by Gasteiger charge is 2.26. The van der Waals surface area contributed by atoms with Crippen LogP contribution >= 0.6 is 0 Å². The highest BCUT2D eigenvalue weighted by atomic mass is 16.2. The normalized spacial score (nSPS) is 16.0. The Kier molecular flexibility index (Phi) is 5.54. The molecule has 0 bridgehead atoms. The van der Waals surface area contributed by atoms with Gasteiger partial charge >= 0.3 is 0 Å². The van der Waals surface area contributed by atoms with Crippen molar-refractivity contribution >= 4 is 5.91 Å². The van der Waals surface area contributed by atoms with Gasteiger partial charge in [0.05, 0.1) is 0 Å². The third-order valence-electron chi connectivity index (χ3n) is 4.78. The summed E-state index contributed by atoms with van der Waals surface area (Å²) in [6.07, 6.45) is 8.45. The Bertz CT molecular complexity index is 639. The second-order valence-corrected chi connectivity index (χ2v) is 6.31. The van der Waals surface area contributed by atoms with Crippen LogP contribution in [0.25, 0.3) is 0 Å². The van der Waals surface area contributed by atoms with Gasteiger partial charge in [-0.1, -0.05) is 6.07 Å². The summed E-state index contributed by atoms with van der Waals surface area (Å²) in [4.78, 5) is 25.0. The number of carbonyl (C=O) groups excluding carboxylic acids is 1. The molecule has 126 valence electrons. The van der Waals surface area contributed by atoms with Gasteiger partial charge in [0.15, 0.2) is 0 Å². The number of likely N-dealkylation sites (tertiary alicyclic amines) is 1. The fourth-order valence-electron chi connectivity index (χ4n) is 3.20. The number of aromatic nitrogens is 2. The molecule has 0 saturated carbocycles. The molecule has 1 aliphatic rings. The lowest BCUT2D eigenvalue weighted by atomic mass is 10.0. The standard InChI is InChI=1S/C19H24N4O/c1-22(19(24)18-4-2-3-10-21-18)17-8-14-23(15-9-17)13-7-16-5-11-20-12-6-16/h2-6,10-12,17H,7-9,13-15H2,1H3. The molecule has 0 unspecified atom stereocenters. The molecule has 0 spiro atoms. The van der Waals surface area contributed by atoms with E-state index in [1.165, 1.54) is 5.56 Å². The Labute approximate surface area is 143 Å². The van der Waals surface area contributed by atoms with Crippen LogP contribution in [0.1, 0.15) is 28.9 Å². The molecule has 3 heterocycles. The molecule has 0 radical (unpaired) electrons. The van der Waals surface area contributed by atoms with Gasteiger partial charge in [0.25, 0.3) is 5.91 Å². The lowest BCUT2D eigenvalue weighted by Crippen LogP contribution is -2.46. The van der Waals surface area contributed by atoms with Crippen molar-refractivity contribution in [1.29, 1.82) is 0 Å². The quantitative estimate of drug-likeness (QED) is 0.846. The number of hydrogen-bond acceptors (Lipinski definition) is 4. The zero-order valence-corrected chi connectivity index (χ0v) is 14.1. The molecule has 5 heteroatoms. The molecule has 0 atom stereocenters. The van der Waals surface area contributed by atoms with Crippen molar-refractivity contribution in [1.82, 2.24) is 19.8 Å². The van der Waals surface area contributed by atoms with Gasteiger partial charge in [-0.15, -0.1) is 0 Å². The second-order valence-electron chi connectivity index (χ2n) is 6.31. The third-order valence-corrected chi connectivity index (χ3v) is 4.78. The summed E-state index contributed by atoms with van der Waals surface area (Å²) in [5.41, 5.74) is 1.86. The summed E-state index contributed by atoms with van der Waals surface area (Å²) in [6.45, 7) is 3.14.